The van der Waals surface area contributed by atoms with Crippen molar-refractivity contribution >= 4 is 11.6 Å². The van der Waals surface area contributed by atoms with Gasteiger partial charge in [0.15, 0.2) is 0 Å². The van der Waals surface area contributed by atoms with Crippen molar-refractivity contribution in [2.75, 3.05) is 25.0 Å². The largest absolute Gasteiger partial charge is 0.370 e. The molecule has 1 saturated heterocycles. The Morgan fingerprint density at radius 3 is 2.45 bits per heavy atom. The molecule has 1 fully saturated rings. The lowest BCUT2D eigenvalue weighted by Crippen LogP contribution is -2.37. The van der Waals surface area contributed by atoms with Gasteiger partial charge in [0, 0.05) is 19.2 Å². The summed E-state index contributed by atoms with van der Waals surface area (Å²) in [5.41, 5.74) is 3.61. The van der Waals surface area contributed by atoms with Gasteiger partial charge in [0.1, 0.15) is 0 Å². The molecule has 2 aliphatic heterocycles. The standard InChI is InChI=1S/C27H34N2O2/c1-21(30)28-26-11-9-23(10-12-26)20-29-15-13-24(14-16-29)25(19-27-8-5-17-31-27)18-22-6-3-2-4-7-22/h2-12,24-25,27H,13-20H2,1H3,(H,28,30). The molecule has 0 saturated carbocycles. The third kappa shape index (κ3) is 6.52. The van der Waals surface area contributed by atoms with Gasteiger partial charge in [-0.1, -0.05) is 54.6 Å². The van der Waals surface area contributed by atoms with Gasteiger partial charge in [0.2, 0.25) is 5.91 Å². The van der Waals surface area contributed by atoms with Gasteiger partial charge in [0.25, 0.3) is 0 Å². The van der Waals surface area contributed by atoms with Crippen molar-refractivity contribution in [1.82, 2.24) is 4.90 Å². The van der Waals surface area contributed by atoms with E-state index in [9.17, 15) is 4.79 Å². The van der Waals surface area contributed by atoms with Crippen LogP contribution in [-0.4, -0.2) is 36.6 Å². The molecule has 2 aromatic carbocycles. The van der Waals surface area contributed by atoms with E-state index in [0.717, 1.165) is 50.7 Å². The maximum absolute atomic E-state index is 11.2. The maximum atomic E-state index is 11.2. The fourth-order valence-corrected chi connectivity index (χ4v) is 4.98. The van der Waals surface area contributed by atoms with Crippen LogP contribution in [0.1, 0.15) is 37.3 Å². The highest BCUT2D eigenvalue weighted by Crippen LogP contribution is 2.33. The van der Waals surface area contributed by atoms with Crippen LogP contribution in [0.5, 0.6) is 0 Å². The molecular weight excluding hydrogens is 384 g/mol. The molecule has 164 valence electrons. The summed E-state index contributed by atoms with van der Waals surface area (Å²) in [7, 11) is 0. The van der Waals surface area contributed by atoms with Crippen LogP contribution in [0, 0.1) is 11.8 Å². The normalized spacial score (nSPS) is 20.6. The summed E-state index contributed by atoms with van der Waals surface area (Å²) in [6, 6.07) is 19.2. The van der Waals surface area contributed by atoms with Crippen LogP contribution in [0.15, 0.2) is 66.7 Å². The summed E-state index contributed by atoms with van der Waals surface area (Å²) < 4.78 is 5.90. The van der Waals surface area contributed by atoms with E-state index < -0.39 is 0 Å². The first-order valence-corrected chi connectivity index (χ1v) is 11.6. The smallest absolute Gasteiger partial charge is 0.221 e. The number of nitrogens with zero attached hydrogens (tertiary/aromatic N) is 1. The Morgan fingerprint density at radius 1 is 1.06 bits per heavy atom. The molecule has 0 bridgehead atoms. The van der Waals surface area contributed by atoms with Crippen LogP contribution >= 0.6 is 0 Å². The highest BCUT2D eigenvalue weighted by molar-refractivity contribution is 5.88. The van der Waals surface area contributed by atoms with Crippen LogP contribution in [0.2, 0.25) is 0 Å². The van der Waals surface area contributed by atoms with Crippen LogP contribution < -0.4 is 5.32 Å². The van der Waals surface area contributed by atoms with Gasteiger partial charge in [-0.25, -0.2) is 0 Å². The van der Waals surface area contributed by atoms with Crippen molar-refractivity contribution in [3.8, 4) is 0 Å². The van der Waals surface area contributed by atoms with Crippen LogP contribution in [-0.2, 0) is 22.5 Å². The van der Waals surface area contributed by atoms with Crippen molar-refractivity contribution in [1.29, 1.82) is 0 Å². The first-order chi connectivity index (χ1) is 15.2. The summed E-state index contributed by atoms with van der Waals surface area (Å²) in [6.45, 7) is 5.57. The Bertz CT molecular complexity index is 855. The molecule has 4 nitrogen and oxygen atoms in total. The van der Waals surface area contributed by atoms with Crippen molar-refractivity contribution in [2.24, 2.45) is 11.8 Å². The summed E-state index contributed by atoms with van der Waals surface area (Å²) in [5.74, 6) is 1.38. The number of piperidine rings is 1. The molecule has 1 amide bonds. The Kier molecular flexibility index (Phi) is 7.55. The highest BCUT2D eigenvalue weighted by atomic mass is 16.5. The Labute approximate surface area is 186 Å². The van der Waals surface area contributed by atoms with E-state index in [1.165, 1.54) is 30.9 Å². The molecule has 2 atom stereocenters. The summed E-state index contributed by atoms with van der Waals surface area (Å²) in [5, 5.41) is 2.84. The summed E-state index contributed by atoms with van der Waals surface area (Å²) in [6.07, 6.45) is 9.45. The van der Waals surface area contributed by atoms with Gasteiger partial charge in [-0.3, -0.25) is 9.69 Å². The first kappa shape index (κ1) is 21.8. The van der Waals surface area contributed by atoms with Crippen molar-refractivity contribution in [3.05, 3.63) is 77.9 Å². The fraction of sp³-hybridized carbons (Fsp3) is 0.444. The number of hydrogen-bond donors (Lipinski definition) is 1. The second kappa shape index (κ2) is 10.7. The number of amides is 1. The molecule has 2 aromatic rings. The minimum atomic E-state index is -0.0293. The Morgan fingerprint density at radius 2 is 1.81 bits per heavy atom. The lowest BCUT2D eigenvalue weighted by Gasteiger charge is -2.37. The molecule has 4 heteroatoms. The number of nitrogens with one attached hydrogen (secondary N) is 1. The van der Waals surface area contributed by atoms with Crippen LogP contribution in [0.3, 0.4) is 0 Å². The van der Waals surface area contributed by atoms with Crippen molar-refractivity contribution in [2.45, 2.75) is 45.3 Å². The van der Waals surface area contributed by atoms with Gasteiger partial charge < -0.3 is 10.1 Å². The third-order valence-electron chi connectivity index (χ3n) is 6.61. The van der Waals surface area contributed by atoms with Crippen molar-refractivity contribution < 1.29 is 9.53 Å². The zero-order valence-electron chi connectivity index (χ0n) is 18.5. The van der Waals surface area contributed by atoms with E-state index in [4.69, 9.17) is 4.74 Å². The van der Waals surface area contributed by atoms with E-state index in [1.54, 1.807) is 0 Å². The zero-order valence-corrected chi connectivity index (χ0v) is 18.5. The number of likely N-dealkylation sites (tertiary alicyclic amines) is 1. The molecule has 0 radical (unpaired) electrons. The van der Waals surface area contributed by atoms with Gasteiger partial charge in [-0.05, 0) is 73.9 Å². The second-order valence-electron chi connectivity index (χ2n) is 8.98. The Balaban J connectivity index is 1.32. The topological polar surface area (TPSA) is 41.6 Å². The van der Waals surface area contributed by atoms with E-state index in [0.29, 0.717) is 5.92 Å². The molecule has 1 N–H and O–H groups in total. The zero-order chi connectivity index (χ0) is 21.5. The summed E-state index contributed by atoms with van der Waals surface area (Å²) in [4.78, 5) is 13.8. The molecule has 4 rings (SSSR count). The molecule has 2 aliphatic rings. The second-order valence-corrected chi connectivity index (χ2v) is 8.98. The molecule has 2 unspecified atom stereocenters. The molecule has 0 aromatic heterocycles. The third-order valence-corrected chi connectivity index (χ3v) is 6.61. The SMILES string of the molecule is CC(=O)Nc1ccc(CN2CCC(C(Cc3ccccc3)CC3C=CCO3)CC2)cc1. The number of carbonyl (C=O) groups excluding carboxylic acids is 1. The molecule has 0 aliphatic carbocycles. The summed E-state index contributed by atoms with van der Waals surface area (Å²) >= 11 is 0. The quantitative estimate of drug-likeness (QED) is 0.609. The number of anilines is 1. The average molecular weight is 419 g/mol. The van der Waals surface area contributed by atoms with Gasteiger partial charge in [-0.15, -0.1) is 0 Å². The van der Waals surface area contributed by atoms with Crippen molar-refractivity contribution in [3.63, 3.8) is 0 Å². The molecule has 0 spiro atoms. The minimum absolute atomic E-state index is 0.0293. The predicted octanol–water partition coefficient (Wildman–Crippen LogP) is 5.06. The number of hydrogen-bond acceptors (Lipinski definition) is 3. The van der Waals surface area contributed by atoms with E-state index >= 15 is 0 Å². The van der Waals surface area contributed by atoms with Crippen LogP contribution in [0.25, 0.3) is 0 Å². The van der Waals surface area contributed by atoms with Gasteiger partial charge >= 0.3 is 0 Å². The number of benzene rings is 2. The first-order valence-electron chi connectivity index (χ1n) is 11.6. The average Bonchev–Trinajstić information content (AvgIpc) is 3.29. The number of rotatable bonds is 8. The Hall–Kier alpha value is -2.43. The van der Waals surface area contributed by atoms with E-state index in [1.807, 2.05) is 12.1 Å². The van der Waals surface area contributed by atoms with E-state index in [-0.39, 0.29) is 12.0 Å². The minimum Gasteiger partial charge on any atom is -0.370 e. The molecule has 2 heterocycles. The molecular formula is C27H34N2O2. The lowest BCUT2D eigenvalue weighted by atomic mass is 9.77. The number of carbonyl (C=O) groups is 1. The van der Waals surface area contributed by atoms with Crippen LogP contribution in [0.4, 0.5) is 5.69 Å². The van der Waals surface area contributed by atoms with E-state index in [2.05, 4.69) is 64.8 Å². The lowest BCUT2D eigenvalue weighted by molar-refractivity contribution is -0.114. The van der Waals surface area contributed by atoms with Gasteiger partial charge in [0.05, 0.1) is 12.7 Å². The monoisotopic (exact) mass is 418 g/mol. The predicted molar refractivity (Wildman–Crippen MR) is 126 cm³/mol. The molecule has 31 heavy (non-hydrogen) atoms. The highest BCUT2D eigenvalue weighted by Gasteiger charge is 2.29. The van der Waals surface area contributed by atoms with Gasteiger partial charge in [-0.2, -0.15) is 0 Å². The fourth-order valence-electron chi connectivity index (χ4n) is 4.98. The maximum Gasteiger partial charge on any atom is 0.221 e. The number of ether oxygens (including phenoxy) is 1.